The molecule has 0 spiro atoms. The molecule has 0 rings (SSSR count). The molecule has 0 bridgehead atoms. The van der Waals surface area contributed by atoms with Crippen molar-refractivity contribution in [1.29, 1.82) is 0 Å². The van der Waals surface area contributed by atoms with Crippen LogP contribution >= 0.6 is 0 Å². The Bertz CT molecular complexity index is 373. The smallest absolute Gasteiger partial charge is 0.135 e. The molecule has 0 N–H and O–H groups in total. The Hall–Kier alpha value is -0.330. The summed E-state index contributed by atoms with van der Waals surface area (Å²) in [5.74, 6) is 2.51. The molecule has 0 saturated carbocycles. The normalized spacial score (nSPS) is 13.6. The van der Waals surface area contributed by atoms with Crippen LogP contribution in [0.2, 0.25) is 0 Å². The molecule has 0 heterocycles. The van der Waals surface area contributed by atoms with Crippen LogP contribution in [-0.4, -0.2) is 5.78 Å². The van der Waals surface area contributed by atoms with E-state index >= 15 is 0 Å². The second-order valence-electron chi connectivity index (χ2n) is 11.0. The molecule has 0 amide bonds. The highest BCUT2D eigenvalue weighted by Crippen LogP contribution is 2.24. The molecule has 31 heavy (non-hydrogen) atoms. The Kier molecular flexibility index (Phi) is 22.6. The summed E-state index contributed by atoms with van der Waals surface area (Å²) in [7, 11) is 0. The van der Waals surface area contributed by atoms with Crippen molar-refractivity contribution in [2.24, 2.45) is 17.8 Å². The molecule has 186 valence electrons. The summed E-state index contributed by atoms with van der Waals surface area (Å²) in [5, 5.41) is 0. The zero-order valence-electron chi connectivity index (χ0n) is 22.5. The lowest BCUT2D eigenvalue weighted by Crippen LogP contribution is -2.15. The highest BCUT2D eigenvalue weighted by Gasteiger charge is 2.18. The molecule has 0 aliphatic heterocycles. The number of carbonyl (C=O) groups excluding carboxylic acids is 1. The number of rotatable bonds is 24. The van der Waals surface area contributed by atoms with Crippen LogP contribution in [0.15, 0.2) is 0 Å². The number of unbranched alkanes of at least 4 members (excludes halogenated alkanes) is 12. The Morgan fingerprint density at radius 2 is 1.03 bits per heavy atom. The van der Waals surface area contributed by atoms with Crippen molar-refractivity contribution >= 4 is 5.78 Å². The minimum absolute atomic E-state index is 0.342. The second-order valence-corrected chi connectivity index (χ2v) is 11.0. The largest absolute Gasteiger partial charge is 0.299 e. The van der Waals surface area contributed by atoms with Gasteiger partial charge in [-0.3, -0.25) is 4.79 Å². The number of Topliss-reactive ketones (excluding diaryl/α,β-unsaturated/α-hetero) is 1. The summed E-state index contributed by atoms with van der Waals surface area (Å²) >= 11 is 0. The predicted molar refractivity (Wildman–Crippen MR) is 141 cm³/mol. The number of hydrogen-bond acceptors (Lipinski definition) is 1. The molecule has 1 heteroatoms. The van der Waals surface area contributed by atoms with Gasteiger partial charge in [-0.2, -0.15) is 0 Å². The topological polar surface area (TPSA) is 17.1 Å². The predicted octanol–water partition coefficient (Wildman–Crippen LogP) is 10.7. The quantitative estimate of drug-likeness (QED) is 0.137. The third kappa shape index (κ3) is 21.3. The monoisotopic (exact) mass is 436 g/mol. The van der Waals surface area contributed by atoms with Crippen molar-refractivity contribution in [2.75, 3.05) is 0 Å². The van der Waals surface area contributed by atoms with E-state index in [1.165, 1.54) is 103 Å². The molecule has 0 aromatic heterocycles. The SMILES string of the molecule is CCCCCCCCCCCCCCCC(=O)C(CCC)CCC(C)CCCC(C)C. The lowest BCUT2D eigenvalue weighted by atomic mass is 9.86. The summed E-state index contributed by atoms with van der Waals surface area (Å²) in [6.07, 6.45) is 27.4. The standard InChI is InChI=1S/C30H60O/c1-6-8-9-10-11-12-13-14-15-16-17-18-19-24-30(31)29(21-7-2)26-25-28(5)23-20-22-27(3)4/h27-29H,6-26H2,1-5H3. The Balaban J connectivity index is 3.70. The summed E-state index contributed by atoms with van der Waals surface area (Å²) < 4.78 is 0. The van der Waals surface area contributed by atoms with Gasteiger partial charge in [-0.05, 0) is 31.1 Å². The van der Waals surface area contributed by atoms with Crippen molar-refractivity contribution < 1.29 is 4.79 Å². The molecule has 2 atom stereocenters. The maximum absolute atomic E-state index is 12.8. The van der Waals surface area contributed by atoms with Gasteiger partial charge in [0, 0.05) is 12.3 Å². The van der Waals surface area contributed by atoms with Gasteiger partial charge in [0.2, 0.25) is 0 Å². The van der Waals surface area contributed by atoms with Crippen molar-refractivity contribution in [3.8, 4) is 0 Å². The van der Waals surface area contributed by atoms with E-state index in [9.17, 15) is 4.79 Å². The first-order chi connectivity index (χ1) is 15.0. The summed E-state index contributed by atoms with van der Waals surface area (Å²) in [4.78, 5) is 12.8. The zero-order valence-corrected chi connectivity index (χ0v) is 22.5. The summed E-state index contributed by atoms with van der Waals surface area (Å²) in [6, 6.07) is 0. The van der Waals surface area contributed by atoms with E-state index in [4.69, 9.17) is 0 Å². The summed E-state index contributed by atoms with van der Waals surface area (Å²) in [6.45, 7) is 11.5. The molecule has 0 saturated heterocycles. The maximum Gasteiger partial charge on any atom is 0.135 e. The third-order valence-corrected chi connectivity index (χ3v) is 7.11. The van der Waals surface area contributed by atoms with Gasteiger partial charge < -0.3 is 0 Å². The average molecular weight is 437 g/mol. The van der Waals surface area contributed by atoms with Crippen LogP contribution in [-0.2, 0) is 4.79 Å². The van der Waals surface area contributed by atoms with Crippen LogP contribution in [0.3, 0.4) is 0 Å². The first-order valence-electron chi connectivity index (χ1n) is 14.5. The molecule has 2 unspecified atom stereocenters. The fraction of sp³-hybridized carbons (Fsp3) is 0.967. The molecule has 0 aliphatic rings. The molecule has 0 fully saturated rings. The molecule has 0 aliphatic carbocycles. The highest BCUT2D eigenvalue weighted by molar-refractivity contribution is 5.80. The van der Waals surface area contributed by atoms with Gasteiger partial charge in [0.15, 0.2) is 0 Å². The minimum atomic E-state index is 0.342. The average Bonchev–Trinajstić information content (AvgIpc) is 2.74. The van der Waals surface area contributed by atoms with Crippen LogP contribution in [0.1, 0.15) is 169 Å². The molecule has 0 aromatic carbocycles. The van der Waals surface area contributed by atoms with Gasteiger partial charge in [-0.1, -0.05) is 144 Å². The van der Waals surface area contributed by atoms with E-state index in [2.05, 4.69) is 34.6 Å². The van der Waals surface area contributed by atoms with Gasteiger partial charge in [-0.25, -0.2) is 0 Å². The first-order valence-corrected chi connectivity index (χ1v) is 14.5. The van der Waals surface area contributed by atoms with E-state index < -0.39 is 0 Å². The Morgan fingerprint density at radius 3 is 1.52 bits per heavy atom. The van der Waals surface area contributed by atoms with Gasteiger partial charge in [0.1, 0.15) is 5.78 Å². The fourth-order valence-corrected chi connectivity index (χ4v) is 4.84. The zero-order chi connectivity index (χ0) is 23.2. The van der Waals surface area contributed by atoms with E-state index in [0.29, 0.717) is 11.7 Å². The van der Waals surface area contributed by atoms with E-state index in [-0.39, 0.29) is 0 Å². The van der Waals surface area contributed by atoms with Crippen molar-refractivity contribution in [3.05, 3.63) is 0 Å². The molecule has 0 radical (unpaired) electrons. The maximum atomic E-state index is 12.8. The molecule has 0 aromatic rings. The van der Waals surface area contributed by atoms with E-state index in [1.807, 2.05) is 0 Å². The molecular weight excluding hydrogens is 376 g/mol. The number of ketones is 1. The number of carbonyl (C=O) groups is 1. The molecule has 1 nitrogen and oxygen atoms in total. The fourth-order valence-electron chi connectivity index (χ4n) is 4.84. The van der Waals surface area contributed by atoms with Gasteiger partial charge in [0.25, 0.3) is 0 Å². The van der Waals surface area contributed by atoms with Crippen LogP contribution in [0.5, 0.6) is 0 Å². The highest BCUT2D eigenvalue weighted by atomic mass is 16.1. The second kappa shape index (κ2) is 22.8. The van der Waals surface area contributed by atoms with E-state index in [1.54, 1.807) is 0 Å². The van der Waals surface area contributed by atoms with Gasteiger partial charge in [0.05, 0.1) is 0 Å². The summed E-state index contributed by atoms with van der Waals surface area (Å²) in [5.41, 5.74) is 0. The van der Waals surface area contributed by atoms with Crippen molar-refractivity contribution in [1.82, 2.24) is 0 Å². The number of hydrogen-bond donors (Lipinski definition) is 0. The van der Waals surface area contributed by atoms with Crippen LogP contribution in [0.25, 0.3) is 0 Å². The third-order valence-electron chi connectivity index (χ3n) is 7.11. The lowest BCUT2D eigenvalue weighted by Gasteiger charge is -2.18. The lowest BCUT2D eigenvalue weighted by molar-refractivity contribution is -0.123. The van der Waals surface area contributed by atoms with Crippen LogP contribution in [0, 0.1) is 17.8 Å². The van der Waals surface area contributed by atoms with Crippen molar-refractivity contribution in [2.45, 2.75) is 169 Å². The Morgan fingerprint density at radius 1 is 0.516 bits per heavy atom. The Labute approximate surface area is 197 Å². The van der Waals surface area contributed by atoms with Gasteiger partial charge in [-0.15, -0.1) is 0 Å². The van der Waals surface area contributed by atoms with Gasteiger partial charge >= 0.3 is 0 Å². The minimum Gasteiger partial charge on any atom is -0.299 e. The van der Waals surface area contributed by atoms with E-state index in [0.717, 1.165) is 43.9 Å². The molecular formula is C30H60O. The first kappa shape index (κ1) is 30.7. The van der Waals surface area contributed by atoms with Crippen molar-refractivity contribution in [3.63, 3.8) is 0 Å². The van der Waals surface area contributed by atoms with Crippen LogP contribution in [0.4, 0.5) is 0 Å². The van der Waals surface area contributed by atoms with Crippen LogP contribution < -0.4 is 0 Å².